The number of carbonyl (C=O) groups excluding carboxylic acids is 1. The molecule has 0 bridgehead atoms. The average molecular weight is 396 g/mol. The van der Waals surface area contributed by atoms with Crippen LogP contribution in [0, 0.1) is 5.82 Å². The lowest BCUT2D eigenvalue weighted by molar-refractivity contribution is -0.114. The first-order valence-corrected chi connectivity index (χ1v) is 9.34. The number of para-hydroxylation sites is 1. The van der Waals surface area contributed by atoms with Gasteiger partial charge in [-0.15, -0.1) is 0 Å². The Morgan fingerprint density at radius 2 is 2.00 bits per heavy atom. The molecule has 0 atom stereocenters. The molecular formula is C21H21FN4O3. The number of piperazine rings is 1. The van der Waals surface area contributed by atoms with Crippen LogP contribution in [0.25, 0.3) is 22.5 Å². The van der Waals surface area contributed by atoms with Gasteiger partial charge in [-0.05, 0) is 23.8 Å². The molecule has 29 heavy (non-hydrogen) atoms. The van der Waals surface area contributed by atoms with Gasteiger partial charge in [0.1, 0.15) is 11.6 Å². The molecule has 1 aliphatic heterocycles. The van der Waals surface area contributed by atoms with Gasteiger partial charge in [0, 0.05) is 38.7 Å². The maximum atomic E-state index is 14.3. The van der Waals surface area contributed by atoms with E-state index in [1.165, 1.54) is 19.1 Å². The van der Waals surface area contributed by atoms with Crippen LogP contribution in [0.2, 0.25) is 0 Å². The minimum Gasteiger partial charge on any atom is -0.507 e. The monoisotopic (exact) mass is 396 g/mol. The van der Waals surface area contributed by atoms with Crippen molar-refractivity contribution in [1.29, 1.82) is 0 Å². The van der Waals surface area contributed by atoms with Crippen molar-refractivity contribution in [2.75, 3.05) is 36.4 Å². The highest BCUT2D eigenvalue weighted by Crippen LogP contribution is 2.39. The molecule has 1 fully saturated rings. The Morgan fingerprint density at radius 3 is 2.72 bits per heavy atom. The molecule has 7 nitrogen and oxygen atoms in total. The number of amides is 1. The quantitative estimate of drug-likeness (QED) is 0.627. The van der Waals surface area contributed by atoms with E-state index in [1.807, 2.05) is 4.90 Å². The maximum Gasteiger partial charge on any atom is 0.297 e. The molecular weight excluding hydrogens is 375 g/mol. The van der Waals surface area contributed by atoms with E-state index < -0.39 is 5.82 Å². The highest BCUT2D eigenvalue weighted by Gasteiger charge is 2.19. The minimum atomic E-state index is -0.580. The molecule has 3 aromatic rings. The Morgan fingerprint density at radius 1 is 1.24 bits per heavy atom. The zero-order chi connectivity index (χ0) is 20.4. The zero-order valence-corrected chi connectivity index (χ0v) is 15.9. The third-order valence-electron chi connectivity index (χ3n) is 4.77. The molecule has 8 heteroatoms. The lowest BCUT2D eigenvalue weighted by Gasteiger charge is -2.25. The number of phenols is 1. The molecule has 0 radical (unpaired) electrons. The number of carbonyl (C=O) groups is 1. The molecule has 0 aliphatic carbocycles. The number of oxazole rings is 1. The normalized spacial score (nSPS) is 14.1. The third kappa shape index (κ3) is 3.93. The summed E-state index contributed by atoms with van der Waals surface area (Å²) in [6, 6.07) is 10.1. The van der Waals surface area contributed by atoms with Crippen LogP contribution in [0.15, 0.2) is 47.0 Å². The van der Waals surface area contributed by atoms with Crippen LogP contribution in [0.1, 0.15) is 6.92 Å². The number of benzene rings is 2. The molecule has 2 aromatic carbocycles. The molecule has 150 valence electrons. The Hall–Kier alpha value is -3.39. The molecule has 0 saturated carbocycles. The lowest BCUT2D eigenvalue weighted by atomic mass is 10.00. The van der Waals surface area contributed by atoms with E-state index in [4.69, 9.17) is 4.42 Å². The van der Waals surface area contributed by atoms with Crippen LogP contribution >= 0.6 is 0 Å². The Bertz CT molecular complexity index is 1040. The second-order valence-corrected chi connectivity index (χ2v) is 6.82. The molecule has 1 aliphatic rings. The van der Waals surface area contributed by atoms with Crippen molar-refractivity contribution in [3.8, 4) is 28.2 Å². The van der Waals surface area contributed by atoms with Crippen LogP contribution in [0.3, 0.4) is 0 Å². The fraction of sp³-hybridized carbons (Fsp3) is 0.238. The Balaban J connectivity index is 1.65. The zero-order valence-electron chi connectivity index (χ0n) is 15.9. The summed E-state index contributed by atoms with van der Waals surface area (Å²) in [6.07, 6.45) is 1.58. The summed E-state index contributed by atoms with van der Waals surface area (Å²) in [4.78, 5) is 17.5. The van der Waals surface area contributed by atoms with Gasteiger partial charge < -0.3 is 25.1 Å². The minimum absolute atomic E-state index is 0.0258. The van der Waals surface area contributed by atoms with Gasteiger partial charge in [-0.2, -0.15) is 0 Å². The number of nitrogens with one attached hydrogen (secondary N) is 2. The average Bonchev–Trinajstić information content (AvgIpc) is 3.20. The molecule has 2 heterocycles. The lowest BCUT2D eigenvalue weighted by Crippen LogP contribution is -2.43. The fourth-order valence-electron chi connectivity index (χ4n) is 3.34. The fourth-order valence-corrected chi connectivity index (χ4v) is 3.34. The van der Waals surface area contributed by atoms with Crippen LogP contribution < -0.4 is 15.5 Å². The molecule has 0 spiro atoms. The Kier molecular flexibility index (Phi) is 5.18. The largest absolute Gasteiger partial charge is 0.507 e. The number of phenolic OH excluding ortho intramolecular Hbond substituents is 1. The number of hydrogen-bond acceptors (Lipinski definition) is 6. The molecule has 1 aromatic heterocycles. The first-order valence-electron chi connectivity index (χ1n) is 9.34. The summed E-state index contributed by atoms with van der Waals surface area (Å²) in [6.45, 7) is 4.63. The van der Waals surface area contributed by atoms with Gasteiger partial charge in [0.15, 0.2) is 5.76 Å². The van der Waals surface area contributed by atoms with E-state index in [0.717, 1.165) is 26.2 Å². The SMILES string of the molecule is CC(=O)Nc1ccc(-c2cccc(-c3cnc(N4CCNCC4)o3)c2O)cc1F. The topological polar surface area (TPSA) is 90.6 Å². The van der Waals surface area contributed by atoms with Gasteiger partial charge in [-0.25, -0.2) is 9.37 Å². The number of halogens is 1. The standard InChI is InChI=1S/C21H21FN4O3/c1-13(27)25-18-6-5-14(11-17(18)22)15-3-2-4-16(20(15)28)19-12-24-21(29-19)26-9-7-23-8-10-26/h2-6,11-12,23,28H,7-10H2,1H3,(H,25,27). The highest BCUT2D eigenvalue weighted by atomic mass is 19.1. The molecule has 0 unspecified atom stereocenters. The first kappa shape index (κ1) is 18.9. The van der Waals surface area contributed by atoms with E-state index in [0.29, 0.717) is 28.5 Å². The summed E-state index contributed by atoms with van der Waals surface area (Å²) < 4.78 is 20.2. The van der Waals surface area contributed by atoms with Crippen molar-refractivity contribution < 1.29 is 18.7 Å². The maximum absolute atomic E-state index is 14.3. The van der Waals surface area contributed by atoms with Crippen molar-refractivity contribution in [2.24, 2.45) is 0 Å². The second kappa shape index (κ2) is 7.92. The van der Waals surface area contributed by atoms with Crippen LogP contribution in [0.4, 0.5) is 16.1 Å². The van der Waals surface area contributed by atoms with Gasteiger partial charge in [0.2, 0.25) is 5.91 Å². The second-order valence-electron chi connectivity index (χ2n) is 6.82. The summed E-state index contributed by atoms with van der Waals surface area (Å²) in [5.74, 6) is -0.523. The number of rotatable bonds is 4. The third-order valence-corrected chi connectivity index (χ3v) is 4.77. The van der Waals surface area contributed by atoms with Crippen molar-refractivity contribution in [2.45, 2.75) is 6.92 Å². The van der Waals surface area contributed by atoms with Crippen LogP contribution in [-0.4, -0.2) is 42.2 Å². The van der Waals surface area contributed by atoms with Crippen LogP contribution in [-0.2, 0) is 4.79 Å². The summed E-state index contributed by atoms with van der Waals surface area (Å²) in [7, 11) is 0. The summed E-state index contributed by atoms with van der Waals surface area (Å²) >= 11 is 0. The number of aromatic nitrogens is 1. The number of hydrogen-bond donors (Lipinski definition) is 3. The summed E-state index contributed by atoms with van der Waals surface area (Å²) in [5.41, 5.74) is 1.50. The number of aromatic hydroxyl groups is 1. The van der Waals surface area contributed by atoms with E-state index in [1.54, 1.807) is 30.5 Å². The van der Waals surface area contributed by atoms with E-state index >= 15 is 0 Å². The smallest absolute Gasteiger partial charge is 0.297 e. The van der Waals surface area contributed by atoms with Crippen molar-refractivity contribution in [3.63, 3.8) is 0 Å². The Labute approximate surface area is 167 Å². The predicted molar refractivity (Wildman–Crippen MR) is 108 cm³/mol. The van der Waals surface area contributed by atoms with Gasteiger partial charge >= 0.3 is 0 Å². The van der Waals surface area contributed by atoms with E-state index in [2.05, 4.69) is 15.6 Å². The molecule has 1 amide bonds. The van der Waals surface area contributed by atoms with Gasteiger partial charge in [-0.3, -0.25) is 4.79 Å². The van der Waals surface area contributed by atoms with Crippen molar-refractivity contribution in [1.82, 2.24) is 10.3 Å². The first-order chi connectivity index (χ1) is 14.0. The predicted octanol–water partition coefficient (Wildman–Crippen LogP) is 3.22. The molecule has 3 N–H and O–H groups in total. The molecule has 1 saturated heterocycles. The highest BCUT2D eigenvalue weighted by molar-refractivity contribution is 5.89. The van der Waals surface area contributed by atoms with E-state index in [9.17, 15) is 14.3 Å². The molecule has 4 rings (SSSR count). The van der Waals surface area contributed by atoms with E-state index in [-0.39, 0.29) is 17.3 Å². The van der Waals surface area contributed by atoms with Gasteiger partial charge in [0.25, 0.3) is 6.01 Å². The van der Waals surface area contributed by atoms with Gasteiger partial charge in [0.05, 0.1) is 17.4 Å². The van der Waals surface area contributed by atoms with Crippen LogP contribution in [0.5, 0.6) is 5.75 Å². The summed E-state index contributed by atoms with van der Waals surface area (Å²) in [5, 5.41) is 16.5. The number of anilines is 2. The van der Waals surface area contributed by atoms with Gasteiger partial charge in [-0.1, -0.05) is 18.2 Å². The van der Waals surface area contributed by atoms with Crippen molar-refractivity contribution >= 4 is 17.6 Å². The number of nitrogens with zero attached hydrogens (tertiary/aromatic N) is 2. The van der Waals surface area contributed by atoms with Crippen molar-refractivity contribution in [3.05, 3.63) is 48.4 Å².